The second kappa shape index (κ2) is 10.4. The van der Waals surface area contributed by atoms with Crippen molar-refractivity contribution in [1.29, 1.82) is 0 Å². The Morgan fingerprint density at radius 1 is 0.926 bits per heavy atom. The average Bonchev–Trinajstić information content (AvgIpc) is 2.40. The molecule has 12 heteroatoms. The Kier molecular flexibility index (Phi) is 10.5. The number of esters is 1. The van der Waals surface area contributed by atoms with E-state index in [0.29, 0.717) is 0 Å². The summed E-state index contributed by atoms with van der Waals surface area (Å²) in [6.07, 6.45) is 0.790. The molecule has 0 aromatic rings. The molecule has 0 aliphatic heterocycles. The van der Waals surface area contributed by atoms with Gasteiger partial charge in [0.1, 0.15) is 0 Å². The van der Waals surface area contributed by atoms with E-state index in [4.69, 9.17) is 21.2 Å². The molecule has 27 heavy (non-hydrogen) atoms. The number of rotatable bonds is 12. The van der Waals surface area contributed by atoms with E-state index in [2.05, 4.69) is 65.5 Å². The summed E-state index contributed by atoms with van der Waals surface area (Å²) < 4.78 is 30.8. The molecule has 0 aromatic carbocycles. The molecule has 0 fully saturated rings. The third kappa shape index (κ3) is 11.8. The molecule has 160 valence electrons. The van der Waals surface area contributed by atoms with Crippen LogP contribution in [0.25, 0.3) is 0 Å². The van der Waals surface area contributed by atoms with Crippen LogP contribution in [0.3, 0.4) is 0 Å². The highest BCUT2D eigenvalue weighted by molar-refractivity contribution is 6.92. The molecule has 0 bridgehead atoms. The summed E-state index contributed by atoms with van der Waals surface area (Å²) in [6, 6.07) is 0. The molecule has 1 atom stereocenters. The maximum atomic E-state index is 12.8. The predicted molar refractivity (Wildman–Crippen MR) is 128 cm³/mol. The zero-order chi connectivity index (χ0) is 21.7. The highest BCUT2D eigenvalue weighted by Crippen LogP contribution is 2.28. The van der Waals surface area contributed by atoms with Crippen LogP contribution >= 0.6 is 0 Å². The molecule has 0 amide bonds. The Morgan fingerprint density at radius 2 is 1.37 bits per heavy atom. The van der Waals surface area contributed by atoms with Crippen LogP contribution in [0.5, 0.6) is 0 Å². The van der Waals surface area contributed by atoms with E-state index in [1.54, 1.807) is 0 Å². The fourth-order valence-corrected chi connectivity index (χ4v) is 15.4. The zero-order valence-electron chi connectivity index (χ0n) is 19.1. The number of carbonyl (C=O) groups is 1. The average molecular weight is 485 g/mol. The number of hydrogen-bond donors (Lipinski definition) is 0. The highest BCUT2D eigenvalue weighted by Gasteiger charge is 2.53. The van der Waals surface area contributed by atoms with E-state index >= 15 is 0 Å². The largest absolute Gasteiger partial charge is 0.513 e. The smallest absolute Gasteiger partial charge is 0.464 e. The second-order valence-electron chi connectivity index (χ2n) is 9.61. The predicted octanol–water partition coefficient (Wildman–Crippen LogP) is 2.24. The van der Waals surface area contributed by atoms with Crippen molar-refractivity contribution in [2.24, 2.45) is 0 Å². The van der Waals surface area contributed by atoms with Gasteiger partial charge in [-0.15, -0.1) is 0 Å². The standard InChI is InChI=1S/C15H40O6Si6/c1-12-14(22)17-15(16)13(2)27(20-25(6,7)8,21-26(9,10)11)19-23-18-24(3,4)5/h14H,2,12,23H2,1,3-11,22H3. The number of ether oxygens (including phenoxy) is 1. The van der Waals surface area contributed by atoms with Gasteiger partial charge in [-0.3, -0.25) is 0 Å². The van der Waals surface area contributed by atoms with Crippen molar-refractivity contribution in [3.8, 4) is 0 Å². The zero-order valence-corrected chi connectivity index (χ0v) is 26.6. The van der Waals surface area contributed by atoms with Crippen LogP contribution in [-0.2, 0) is 26.0 Å². The summed E-state index contributed by atoms with van der Waals surface area (Å²) >= 11 is 0. The van der Waals surface area contributed by atoms with E-state index in [9.17, 15) is 4.79 Å². The Hall–Kier alpha value is 0.351. The first kappa shape index (κ1) is 27.4. The van der Waals surface area contributed by atoms with Crippen LogP contribution in [0.1, 0.15) is 13.3 Å². The van der Waals surface area contributed by atoms with Crippen molar-refractivity contribution < 1.29 is 26.0 Å². The third-order valence-corrected chi connectivity index (χ3v) is 18.1. The summed E-state index contributed by atoms with van der Waals surface area (Å²) in [5, 5.41) is 0.216. The molecule has 0 aromatic heterocycles. The Bertz CT molecular complexity index is 492. The molecule has 0 rings (SSSR count). The van der Waals surface area contributed by atoms with E-state index < -0.39 is 49.7 Å². The molecule has 0 saturated heterocycles. The summed E-state index contributed by atoms with van der Waals surface area (Å²) in [4.78, 5) is 12.8. The summed E-state index contributed by atoms with van der Waals surface area (Å²) in [5.74, 6) is -0.456. The van der Waals surface area contributed by atoms with Crippen LogP contribution < -0.4 is 0 Å². The first-order valence-corrected chi connectivity index (χ1v) is 23.8. The fraction of sp³-hybridized carbons (Fsp3) is 0.800. The van der Waals surface area contributed by atoms with Crippen LogP contribution in [0.2, 0.25) is 58.9 Å². The monoisotopic (exact) mass is 484 g/mol. The van der Waals surface area contributed by atoms with Gasteiger partial charge in [0.05, 0.1) is 21.2 Å². The van der Waals surface area contributed by atoms with Gasteiger partial charge in [-0.1, -0.05) is 13.5 Å². The van der Waals surface area contributed by atoms with Gasteiger partial charge in [-0.2, -0.15) is 0 Å². The van der Waals surface area contributed by atoms with Gasteiger partial charge in [0.15, 0.2) is 25.0 Å². The fourth-order valence-electron chi connectivity index (χ4n) is 1.84. The van der Waals surface area contributed by atoms with Gasteiger partial charge in [0, 0.05) is 0 Å². The van der Waals surface area contributed by atoms with E-state index in [1.807, 2.05) is 6.92 Å². The maximum Gasteiger partial charge on any atom is 0.513 e. The summed E-state index contributed by atoms with van der Waals surface area (Å²) in [7, 11) is -10.0. The first-order valence-electron chi connectivity index (χ1n) is 9.49. The number of hydrogen-bond acceptors (Lipinski definition) is 6. The summed E-state index contributed by atoms with van der Waals surface area (Å²) in [6.45, 7) is 24.8. The lowest BCUT2D eigenvalue weighted by Gasteiger charge is -2.40. The second-order valence-corrected chi connectivity index (χ2v) is 29.5. The van der Waals surface area contributed by atoms with Crippen LogP contribution in [0.4, 0.5) is 0 Å². The molecule has 0 spiro atoms. The normalized spacial score (nSPS) is 15.3. The van der Waals surface area contributed by atoms with Crippen molar-refractivity contribution in [3.05, 3.63) is 11.8 Å². The van der Waals surface area contributed by atoms with Gasteiger partial charge in [-0.05, 0) is 65.3 Å². The lowest BCUT2D eigenvalue weighted by atomic mass is 10.5. The SMILES string of the molecule is C=C(C(=O)OC([SiH3])CC)[Si](O[SiH2]O[Si](C)(C)C)(O[Si](C)(C)C)O[Si](C)(C)C. The molecule has 0 N–H and O–H groups in total. The Labute approximate surface area is 175 Å². The molecule has 0 saturated carbocycles. The van der Waals surface area contributed by atoms with Gasteiger partial charge in [0.2, 0.25) is 0 Å². The van der Waals surface area contributed by atoms with Gasteiger partial charge < -0.3 is 21.2 Å². The molecule has 6 nitrogen and oxygen atoms in total. The lowest BCUT2D eigenvalue weighted by Crippen LogP contribution is -2.60. The Morgan fingerprint density at radius 3 is 1.70 bits per heavy atom. The lowest BCUT2D eigenvalue weighted by molar-refractivity contribution is -0.140. The minimum Gasteiger partial charge on any atom is -0.464 e. The molecule has 0 aliphatic rings. The topological polar surface area (TPSA) is 63.2 Å². The van der Waals surface area contributed by atoms with Gasteiger partial charge in [-0.25, -0.2) is 4.79 Å². The maximum absolute atomic E-state index is 12.8. The molecular formula is C15H40O6Si6. The molecule has 1 unspecified atom stereocenters. The van der Waals surface area contributed by atoms with Crippen LogP contribution in [0.15, 0.2) is 11.8 Å². The summed E-state index contributed by atoms with van der Waals surface area (Å²) in [5.41, 5.74) is -0.0600. The van der Waals surface area contributed by atoms with Crippen LogP contribution in [-0.4, -0.2) is 65.7 Å². The van der Waals surface area contributed by atoms with Crippen molar-refractivity contribution in [1.82, 2.24) is 0 Å². The van der Waals surface area contributed by atoms with Crippen molar-refractivity contribution in [2.75, 3.05) is 0 Å². The van der Waals surface area contributed by atoms with Gasteiger partial charge >= 0.3 is 14.8 Å². The highest BCUT2D eigenvalue weighted by atomic mass is 28.5. The number of carbonyl (C=O) groups excluding carboxylic acids is 1. The van der Waals surface area contributed by atoms with Crippen LogP contribution in [0, 0.1) is 0 Å². The molecular weight excluding hydrogens is 445 g/mol. The first-order chi connectivity index (χ1) is 11.9. The van der Waals surface area contributed by atoms with E-state index in [0.717, 1.165) is 16.7 Å². The molecule has 0 heterocycles. The third-order valence-electron chi connectivity index (χ3n) is 3.12. The van der Waals surface area contributed by atoms with Crippen molar-refractivity contribution in [2.45, 2.75) is 78.0 Å². The van der Waals surface area contributed by atoms with Crippen molar-refractivity contribution >= 4 is 60.0 Å². The van der Waals surface area contributed by atoms with Crippen molar-refractivity contribution in [3.63, 3.8) is 0 Å². The van der Waals surface area contributed by atoms with E-state index in [-0.39, 0.29) is 10.9 Å². The van der Waals surface area contributed by atoms with Gasteiger partial charge in [0.25, 0.3) is 10.0 Å². The quantitative estimate of drug-likeness (QED) is 0.240. The Balaban J connectivity index is 5.86. The molecule has 0 aliphatic carbocycles. The van der Waals surface area contributed by atoms with E-state index in [1.165, 1.54) is 0 Å². The minimum absolute atomic E-state index is 0.0600. The molecule has 0 radical (unpaired) electrons. The minimum atomic E-state index is -3.48.